The number of hydrogen-bond donors (Lipinski definition) is 1. The first-order chi connectivity index (χ1) is 12.0. The first-order valence-corrected chi connectivity index (χ1v) is 9.94. The summed E-state index contributed by atoms with van der Waals surface area (Å²) < 4.78 is 27.6. The predicted octanol–water partition coefficient (Wildman–Crippen LogP) is 3.11. The second-order valence-electron chi connectivity index (χ2n) is 5.92. The van der Waals surface area contributed by atoms with Crippen LogP contribution in [0.1, 0.15) is 22.7 Å². The zero-order valence-electron chi connectivity index (χ0n) is 13.9. The zero-order chi connectivity index (χ0) is 17.9. The number of hydrogen-bond acceptors (Lipinski definition) is 4. The minimum absolute atomic E-state index is 0. The molecule has 0 saturated carbocycles. The molecule has 3 rings (SSSR count). The first kappa shape index (κ1) is 20.7. The van der Waals surface area contributed by atoms with Crippen LogP contribution >= 0.6 is 24.0 Å². The molecule has 0 spiro atoms. The maximum atomic E-state index is 13.0. The van der Waals surface area contributed by atoms with Crippen LogP contribution in [0.3, 0.4) is 0 Å². The van der Waals surface area contributed by atoms with Gasteiger partial charge in [-0.25, -0.2) is 8.42 Å². The third-order valence-electron chi connectivity index (χ3n) is 4.22. The van der Waals surface area contributed by atoms with E-state index < -0.39 is 10.0 Å². The molecule has 0 aromatic heterocycles. The molecular formula is C18H19Cl2N3O2S. The Morgan fingerprint density at radius 1 is 1.23 bits per heavy atom. The fourth-order valence-electron chi connectivity index (χ4n) is 3.05. The van der Waals surface area contributed by atoms with Gasteiger partial charge in [0.1, 0.15) is 0 Å². The molecule has 5 nitrogen and oxygen atoms in total. The average molecular weight is 412 g/mol. The lowest BCUT2D eigenvalue weighted by Crippen LogP contribution is -2.49. The van der Waals surface area contributed by atoms with Crippen LogP contribution in [0.4, 0.5) is 0 Å². The van der Waals surface area contributed by atoms with Gasteiger partial charge in [-0.3, -0.25) is 0 Å². The molecule has 2 aromatic rings. The van der Waals surface area contributed by atoms with E-state index in [4.69, 9.17) is 16.9 Å². The second-order valence-corrected chi connectivity index (χ2v) is 8.25. The predicted molar refractivity (Wildman–Crippen MR) is 105 cm³/mol. The van der Waals surface area contributed by atoms with Gasteiger partial charge in [-0.2, -0.15) is 9.57 Å². The Kier molecular flexibility index (Phi) is 7.04. The summed E-state index contributed by atoms with van der Waals surface area (Å²) in [6, 6.07) is 15.7. The Hall–Kier alpha value is -1.62. The summed E-state index contributed by atoms with van der Waals surface area (Å²) in [5.41, 5.74) is 1.86. The Morgan fingerprint density at radius 3 is 2.73 bits per heavy atom. The summed E-state index contributed by atoms with van der Waals surface area (Å²) in [6.07, 6.45) is 0. The average Bonchev–Trinajstić information content (AvgIpc) is 2.62. The molecular weight excluding hydrogens is 393 g/mol. The van der Waals surface area contributed by atoms with Crippen molar-refractivity contribution in [1.29, 1.82) is 5.26 Å². The van der Waals surface area contributed by atoms with Crippen molar-refractivity contribution in [3.8, 4) is 6.07 Å². The maximum Gasteiger partial charge on any atom is 0.218 e. The molecule has 0 bridgehead atoms. The van der Waals surface area contributed by atoms with E-state index in [1.165, 1.54) is 4.31 Å². The number of nitrogens with zero attached hydrogens (tertiary/aromatic N) is 2. The molecule has 8 heteroatoms. The summed E-state index contributed by atoms with van der Waals surface area (Å²) >= 11 is 6.29. The van der Waals surface area contributed by atoms with Crippen molar-refractivity contribution < 1.29 is 8.42 Å². The Labute approximate surface area is 165 Å². The highest BCUT2D eigenvalue weighted by molar-refractivity contribution is 7.88. The Balaban J connectivity index is 0.00000243. The third kappa shape index (κ3) is 4.56. The van der Waals surface area contributed by atoms with Crippen molar-refractivity contribution in [3.05, 3.63) is 70.2 Å². The fraction of sp³-hybridized carbons (Fsp3) is 0.278. The molecule has 1 N–H and O–H groups in total. The molecule has 1 saturated heterocycles. The van der Waals surface area contributed by atoms with Crippen molar-refractivity contribution in [2.45, 2.75) is 11.8 Å². The smallest absolute Gasteiger partial charge is 0.218 e. The molecule has 0 aliphatic carbocycles. The lowest BCUT2D eigenvalue weighted by Gasteiger charge is -2.36. The number of halogens is 2. The quantitative estimate of drug-likeness (QED) is 0.838. The summed E-state index contributed by atoms with van der Waals surface area (Å²) in [5, 5.41) is 12.8. The number of piperazine rings is 1. The van der Waals surface area contributed by atoms with Gasteiger partial charge in [-0.1, -0.05) is 41.9 Å². The van der Waals surface area contributed by atoms with E-state index in [1.807, 2.05) is 24.3 Å². The topological polar surface area (TPSA) is 73.2 Å². The van der Waals surface area contributed by atoms with Crippen molar-refractivity contribution in [3.63, 3.8) is 0 Å². The van der Waals surface area contributed by atoms with Gasteiger partial charge in [0.2, 0.25) is 10.0 Å². The van der Waals surface area contributed by atoms with Gasteiger partial charge in [0.15, 0.2) is 0 Å². The molecule has 1 fully saturated rings. The summed E-state index contributed by atoms with van der Waals surface area (Å²) in [5.74, 6) is -0.135. The van der Waals surface area contributed by atoms with Crippen LogP contribution in [0.15, 0.2) is 48.5 Å². The van der Waals surface area contributed by atoms with E-state index in [-0.39, 0.29) is 24.2 Å². The SMILES string of the molecule is Cl.N#Cc1cccc(CS(=O)(=O)N2CCNCC2c2ccccc2Cl)c1. The van der Waals surface area contributed by atoms with Crippen molar-refractivity contribution >= 4 is 34.0 Å². The van der Waals surface area contributed by atoms with E-state index in [2.05, 4.69) is 5.32 Å². The molecule has 1 aliphatic rings. The van der Waals surface area contributed by atoms with Gasteiger partial charge in [0.05, 0.1) is 23.4 Å². The first-order valence-electron chi connectivity index (χ1n) is 7.95. The molecule has 1 unspecified atom stereocenters. The van der Waals surface area contributed by atoms with Crippen LogP contribution in [0.25, 0.3) is 0 Å². The van der Waals surface area contributed by atoms with Gasteiger partial charge in [0.25, 0.3) is 0 Å². The van der Waals surface area contributed by atoms with E-state index in [9.17, 15) is 8.42 Å². The van der Waals surface area contributed by atoms with E-state index in [1.54, 1.807) is 30.3 Å². The van der Waals surface area contributed by atoms with E-state index >= 15 is 0 Å². The highest BCUT2D eigenvalue weighted by atomic mass is 35.5. The second kappa shape index (κ2) is 8.85. The fourth-order valence-corrected chi connectivity index (χ4v) is 5.03. The highest BCUT2D eigenvalue weighted by Gasteiger charge is 2.34. The minimum Gasteiger partial charge on any atom is -0.313 e. The molecule has 1 aliphatic heterocycles. The number of nitrogens with one attached hydrogen (secondary N) is 1. The standard InChI is InChI=1S/C18H18ClN3O2S.ClH/c19-17-7-2-1-6-16(17)18-12-21-8-9-22(18)25(23,24)13-15-5-3-4-14(10-15)11-20;/h1-7,10,18,21H,8-9,12-13H2;1H. The van der Waals surface area contributed by atoms with Gasteiger partial charge >= 0.3 is 0 Å². The van der Waals surface area contributed by atoms with Crippen molar-refractivity contribution in [1.82, 2.24) is 9.62 Å². The van der Waals surface area contributed by atoms with Crippen molar-refractivity contribution in [2.24, 2.45) is 0 Å². The van der Waals surface area contributed by atoms with Crippen LogP contribution in [0, 0.1) is 11.3 Å². The zero-order valence-corrected chi connectivity index (χ0v) is 16.3. The van der Waals surface area contributed by atoms with Crippen LogP contribution in [0.5, 0.6) is 0 Å². The van der Waals surface area contributed by atoms with E-state index in [0.717, 1.165) is 5.56 Å². The number of rotatable bonds is 4. The van der Waals surface area contributed by atoms with Gasteiger partial charge in [-0.15, -0.1) is 12.4 Å². The molecule has 138 valence electrons. The molecule has 2 aromatic carbocycles. The molecule has 0 amide bonds. The summed E-state index contributed by atoms with van der Waals surface area (Å²) in [7, 11) is -3.55. The minimum atomic E-state index is -3.55. The lowest BCUT2D eigenvalue weighted by molar-refractivity contribution is 0.271. The molecule has 26 heavy (non-hydrogen) atoms. The van der Waals surface area contributed by atoms with Crippen molar-refractivity contribution in [2.75, 3.05) is 19.6 Å². The summed E-state index contributed by atoms with van der Waals surface area (Å²) in [4.78, 5) is 0. The lowest BCUT2D eigenvalue weighted by atomic mass is 10.1. The van der Waals surface area contributed by atoms with Gasteiger partial charge < -0.3 is 5.32 Å². The van der Waals surface area contributed by atoms with Gasteiger partial charge in [-0.05, 0) is 29.3 Å². The summed E-state index contributed by atoms with van der Waals surface area (Å²) in [6.45, 7) is 1.50. The van der Waals surface area contributed by atoms with E-state index in [0.29, 0.717) is 35.8 Å². The number of nitriles is 1. The largest absolute Gasteiger partial charge is 0.313 e. The molecule has 1 atom stereocenters. The molecule has 0 radical (unpaired) electrons. The normalized spacial score (nSPS) is 17.9. The third-order valence-corrected chi connectivity index (χ3v) is 6.41. The number of benzene rings is 2. The van der Waals surface area contributed by atoms with Crippen LogP contribution in [-0.2, 0) is 15.8 Å². The highest BCUT2D eigenvalue weighted by Crippen LogP contribution is 2.31. The van der Waals surface area contributed by atoms with Gasteiger partial charge in [0, 0.05) is 24.7 Å². The maximum absolute atomic E-state index is 13.0. The van der Waals surface area contributed by atoms with Crippen LogP contribution in [-0.4, -0.2) is 32.4 Å². The molecule has 1 heterocycles. The number of sulfonamides is 1. The van der Waals surface area contributed by atoms with Crippen LogP contribution < -0.4 is 5.32 Å². The Bertz CT molecular complexity index is 913. The Morgan fingerprint density at radius 2 is 2.00 bits per heavy atom. The van der Waals surface area contributed by atoms with Crippen LogP contribution in [0.2, 0.25) is 5.02 Å². The monoisotopic (exact) mass is 411 g/mol.